The zero-order chi connectivity index (χ0) is 17.8. The standard InChI is InChI=1S/C18H25N3O4/c22-17(15-4-3-5-16(12-15)21(24)25)13-19-10-6-14(7-11-19)18(23)20-8-1-2-9-20/h3-5,12,14,17,22H,1-2,6-11,13H2. The van der Waals surface area contributed by atoms with Gasteiger partial charge in [-0.15, -0.1) is 0 Å². The number of aliphatic hydroxyl groups is 1. The van der Waals surface area contributed by atoms with Crippen molar-refractivity contribution in [2.24, 2.45) is 5.92 Å². The van der Waals surface area contributed by atoms with Crippen LogP contribution in [-0.4, -0.2) is 58.5 Å². The lowest BCUT2D eigenvalue weighted by molar-refractivity contribution is -0.385. The molecule has 7 nitrogen and oxygen atoms in total. The summed E-state index contributed by atoms with van der Waals surface area (Å²) in [6, 6.07) is 6.15. The first kappa shape index (κ1) is 17.8. The van der Waals surface area contributed by atoms with Crippen LogP contribution in [0.1, 0.15) is 37.4 Å². The summed E-state index contributed by atoms with van der Waals surface area (Å²) in [7, 11) is 0. The third kappa shape index (κ3) is 4.35. The van der Waals surface area contributed by atoms with Crippen LogP contribution >= 0.6 is 0 Å². The quantitative estimate of drug-likeness (QED) is 0.650. The number of hydrogen-bond acceptors (Lipinski definition) is 5. The number of likely N-dealkylation sites (tertiary alicyclic amines) is 2. The molecule has 2 aliphatic heterocycles. The molecule has 2 heterocycles. The molecule has 0 saturated carbocycles. The molecule has 2 fully saturated rings. The number of β-amino-alcohol motifs (C(OH)–C–C–N with tert-alkyl or cyclic N) is 1. The first-order valence-corrected chi connectivity index (χ1v) is 8.98. The number of carbonyl (C=O) groups excluding carboxylic acids is 1. The van der Waals surface area contributed by atoms with E-state index in [0.717, 1.165) is 51.9 Å². The summed E-state index contributed by atoms with van der Waals surface area (Å²) in [4.78, 5) is 27.0. The molecular formula is C18H25N3O4. The molecule has 3 rings (SSSR count). The highest BCUT2D eigenvalue weighted by Gasteiger charge is 2.30. The van der Waals surface area contributed by atoms with Crippen LogP contribution in [0.3, 0.4) is 0 Å². The van der Waals surface area contributed by atoms with Gasteiger partial charge in [0.15, 0.2) is 0 Å². The van der Waals surface area contributed by atoms with Gasteiger partial charge in [-0.3, -0.25) is 14.9 Å². The molecule has 1 amide bonds. The van der Waals surface area contributed by atoms with Gasteiger partial charge in [-0.25, -0.2) is 0 Å². The number of amides is 1. The maximum Gasteiger partial charge on any atom is 0.269 e. The predicted molar refractivity (Wildman–Crippen MR) is 93.0 cm³/mol. The van der Waals surface area contributed by atoms with Gasteiger partial charge in [0.05, 0.1) is 11.0 Å². The van der Waals surface area contributed by atoms with Gasteiger partial charge in [-0.05, 0) is 44.3 Å². The Morgan fingerprint density at radius 3 is 2.56 bits per heavy atom. The van der Waals surface area contributed by atoms with Gasteiger partial charge in [0.1, 0.15) is 0 Å². The number of nitro benzene ring substituents is 1. The van der Waals surface area contributed by atoms with Crippen LogP contribution in [0.25, 0.3) is 0 Å². The molecule has 2 saturated heterocycles. The topological polar surface area (TPSA) is 86.9 Å². The summed E-state index contributed by atoms with van der Waals surface area (Å²) in [5.74, 6) is 0.390. The molecule has 136 valence electrons. The summed E-state index contributed by atoms with van der Waals surface area (Å²) in [5, 5.41) is 21.2. The normalized spacial score (nSPS) is 20.6. The van der Waals surface area contributed by atoms with Crippen LogP contribution in [0.15, 0.2) is 24.3 Å². The summed E-state index contributed by atoms with van der Waals surface area (Å²) in [6.45, 7) is 3.77. The van der Waals surface area contributed by atoms with Crippen molar-refractivity contribution >= 4 is 11.6 Å². The third-order valence-electron chi connectivity index (χ3n) is 5.25. The van der Waals surface area contributed by atoms with Gasteiger partial charge in [-0.1, -0.05) is 12.1 Å². The minimum absolute atomic E-state index is 0.00790. The Balaban J connectivity index is 1.50. The Bertz CT molecular complexity index is 623. The average molecular weight is 347 g/mol. The molecule has 0 spiro atoms. The van der Waals surface area contributed by atoms with E-state index in [2.05, 4.69) is 4.90 Å². The molecule has 1 N–H and O–H groups in total. The molecule has 1 unspecified atom stereocenters. The van der Waals surface area contributed by atoms with Gasteiger partial charge in [-0.2, -0.15) is 0 Å². The summed E-state index contributed by atoms with van der Waals surface area (Å²) in [6.07, 6.45) is 3.10. The van der Waals surface area contributed by atoms with Crippen LogP contribution in [0, 0.1) is 16.0 Å². The molecule has 25 heavy (non-hydrogen) atoms. The van der Waals surface area contributed by atoms with Crippen molar-refractivity contribution < 1.29 is 14.8 Å². The Labute approximate surface area is 147 Å². The number of non-ortho nitro benzene ring substituents is 1. The monoisotopic (exact) mass is 347 g/mol. The molecule has 0 aromatic heterocycles. The number of carbonyl (C=O) groups is 1. The summed E-state index contributed by atoms with van der Waals surface area (Å²) >= 11 is 0. The first-order valence-electron chi connectivity index (χ1n) is 8.98. The molecule has 0 bridgehead atoms. The van der Waals surface area contributed by atoms with E-state index in [0.29, 0.717) is 12.1 Å². The Kier molecular flexibility index (Phi) is 5.65. The first-order chi connectivity index (χ1) is 12.0. The lowest BCUT2D eigenvalue weighted by Crippen LogP contribution is -2.42. The fourth-order valence-electron chi connectivity index (χ4n) is 3.75. The van der Waals surface area contributed by atoms with Crippen molar-refractivity contribution in [3.8, 4) is 0 Å². The second kappa shape index (κ2) is 7.93. The highest BCUT2D eigenvalue weighted by atomic mass is 16.6. The van der Waals surface area contributed by atoms with Crippen LogP contribution in [0.5, 0.6) is 0 Å². The van der Waals surface area contributed by atoms with E-state index < -0.39 is 11.0 Å². The Morgan fingerprint density at radius 2 is 1.92 bits per heavy atom. The minimum Gasteiger partial charge on any atom is -0.387 e. The highest BCUT2D eigenvalue weighted by Crippen LogP contribution is 2.25. The van der Waals surface area contributed by atoms with Crippen LogP contribution < -0.4 is 0 Å². The van der Waals surface area contributed by atoms with E-state index in [-0.39, 0.29) is 17.5 Å². The largest absolute Gasteiger partial charge is 0.387 e. The summed E-state index contributed by atoms with van der Waals surface area (Å²) < 4.78 is 0. The number of nitro groups is 1. The van der Waals surface area contributed by atoms with Gasteiger partial charge in [0.2, 0.25) is 5.91 Å². The van der Waals surface area contributed by atoms with E-state index >= 15 is 0 Å². The van der Waals surface area contributed by atoms with Crippen molar-refractivity contribution in [2.75, 3.05) is 32.7 Å². The number of aliphatic hydroxyl groups excluding tert-OH is 1. The smallest absolute Gasteiger partial charge is 0.269 e. The fourth-order valence-corrected chi connectivity index (χ4v) is 3.75. The molecule has 1 aromatic carbocycles. The van der Waals surface area contributed by atoms with Gasteiger partial charge < -0.3 is 14.9 Å². The lowest BCUT2D eigenvalue weighted by atomic mass is 9.95. The van der Waals surface area contributed by atoms with Crippen LogP contribution in [0.2, 0.25) is 0 Å². The molecule has 0 radical (unpaired) electrons. The van der Waals surface area contributed by atoms with Crippen molar-refractivity contribution in [1.29, 1.82) is 0 Å². The van der Waals surface area contributed by atoms with Gasteiger partial charge in [0, 0.05) is 37.7 Å². The zero-order valence-corrected chi connectivity index (χ0v) is 14.3. The molecule has 1 atom stereocenters. The van der Waals surface area contributed by atoms with Crippen LogP contribution in [-0.2, 0) is 4.79 Å². The lowest BCUT2D eigenvalue weighted by Gasteiger charge is -2.34. The number of benzene rings is 1. The van der Waals surface area contributed by atoms with Crippen molar-refractivity contribution in [2.45, 2.75) is 31.8 Å². The van der Waals surface area contributed by atoms with Crippen LogP contribution in [0.4, 0.5) is 5.69 Å². The van der Waals surface area contributed by atoms with Crippen molar-refractivity contribution in [1.82, 2.24) is 9.80 Å². The minimum atomic E-state index is -0.759. The Morgan fingerprint density at radius 1 is 1.24 bits per heavy atom. The van der Waals surface area contributed by atoms with Crippen molar-refractivity contribution in [3.05, 3.63) is 39.9 Å². The second-order valence-corrected chi connectivity index (χ2v) is 6.98. The van der Waals surface area contributed by atoms with E-state index in [1.165, 1.54) is 12.1 Å². The highest BCUT2D eigenvalue weighted by molar-refractivity contribution is 5.79. The van der Waals surface area contributed by atoms with Crippen molar-refractivity contribution in [3.63, 3.8) is 0 Å². The molecule has 7 heteroatoms. The zero-order valence-electron chi connectivity index (χ0n) is 14.3. The van der Waals surface area contributed by atoms with E-state index in [4.69, 9.17) is 0 Å². The maximum absolute atomic E-state index is 12.4. The predicted octanol–water partition coefficient (Wildman–Crippen LogP) is 1.96. The molecule has 1 aromatic rings. The third-order valence-corrected chi connectivity index (χ3v) is 5.25. The van der Waals surface area contributed by atoms with E-state index in [1.807, 2.05) is 4.90 Å². The molecular weight excluding hydrogens is 322 g/mol. The number of rotatable bonds is 5. The number of piperidine rings is 1. The number of nitrogens with zero attached hydrogens (tertiary/aromatic N) is 3. The molecule has 0 aliphatic carbocycles. The Hall–Kier alpha value is -1.99. The van der Waals surface area contributed by atoms with Gasteiger partial charge in [0.25, 0.3) is 5.69 Å². The average Bonchev–Trinajstić information content (AvgIpc) is 3.16. The summed E-state index contributed by atoms with van der Waals surface area (Å²) in [5.41, 5.74) is 0.552. The van der Waals surface area contributed by atoms with Gasteiger partial charge >= 0.3 is 0 Å². The molecule has 2 aliphatic rings. The second-order valence-electron chi connectivity index (χ2n) is 6.98. The fraction of sp³-hybridized carbons (Fsp3) is 0.611. The van der Waals surface area contributed by atoms with E-state index in [9.17, 15) is 20.0 Å². The SMILES string of the molecule is O=C(C1CCN(CC(O)c2cccc([N+](=O)[O-])c2)CC1)N1CCCC1. The number of hydrogen-bond donors (Lipinski definition) is 1. The van der Waals surface area contributed by atoms with E-state index in [1.54, 1.807) is 12.1 Å². The maximum atomic E-state index is 12.4.